The number of benzene rings is 3. The second kappa shape index (κ2) is 19.7. The molecule has 1 N–H and O–H groups in total. The Hall–Kier alpha value is -4.87. The van der Waals surface area contributed by atoms with Crippen LogP contribution in [-0.2, 0) is 40.2 Å². The van der Waals surface area contributed by atoms with Gasteiger partial charge < -0.3 is 32.7 Å². The number of carbonyl (C=O) groups excluding carboxylic acids is 1. The van der Waals surface area contributed by atoms with Crippen LogP contribution < -0.4 is 20.7 Å². The lowest BCUT2D eigenvalue weighted by atomic mass is 9.79. The molecule has 1 unspecified atom stereocenters. The van der Waals surface area contributed by atoms with Gasteiger partial charge in [0.1, 0.15) is 29.3 Å². The molecule has 0 spiro atoms. The summed E-state index contributed by atoms with van der Waals surface area (Å²) < 4.78 is 48.0. The Kier molecular flexibility index (Phi) is 15.0. The van der Waals surface area contributed by atoms with Gasteiger partial charge >= 0.3 is 11.7 Å². The average Bonchev–Trinajstić information content (AvgIpc) is 3.52. The molecule has 4 aromatic rings. The number of rotatable bonds is 19. The molecule has 0 radical (unpaired) electrons. The van der Waals surface area contributed by atoms with Crippen molar-refractivity contribution in [1.29, 1.82) is 5.26 Å². The molecule has 15 heteroatoms. The zero-order valence-corrected chi connectivity index (χ0v) is 35.2. The van der Waals surface area contributed by atoms with E-state index in [4.69, 9.17) is 32.7 Å². The van der Waals surface area contributed by atoms with E-state index in [1.54, 1.807) is 21.1 Å². The van der Waals surface area contributed by atoms with Gasteiger partial charge in [-0.2, -0.15) is 5.26 Å². The van der Waals surface area contributed by atoms with Crippen molar-refractivity contribution in [2.45, 2.75) is 90.0 Å². The van der Waals surface area contributed by atoms with Gasteiger partial charge in [-0.1, -0.05) is 54.6 Å². The van der Waals surface area contributed by atoms with E-state index in [0.717, 1.165) is 16.7 Å². The van der Waals surface area contributed by atoms with E-state index in [1.165, 1.54) is 17.7 Å². The summed E-state index contributed by atoms with van der Waals surface area (Å²) in [5, 5.41) is 9.42. The molecule has 14 nitrogen and oxygen atoms in total. The maximum Gasteiger partial charge on any atom is 0.328 e. The van der Waals surface area contributed by atoms with E-state index >= 15 is 0 Å². The lowest BCUT2D eigenvalue weighted by Gasteiger charge is -2.43. The minimum atomic E-state index is -1.93. The third-order valence-electron chi connectivity index (χ3n) is 9.88. The first-order valence-corrected chi connectivity index (χ1v) is 20.3. The molecule has 0 amide bonds. The highest BCUT2D eigenvalue weighted by atomic mass is 31.2. The van der Waals surface area contributed by atoms with Gasteiger partial charge in [0, 0.05) is 30.8 Å². The van der Waals surface area contributed by atoms with Gasteiger partial charge in [-0.25, -0.2) is 9.46 Å². The van der Waals surface area contributed by atoms with Gasteiger partial charge in [0.2, 0.25) is 0 Å². The molecule has 4 atom stereocenters. The highest BCUT2D eigenvalue weighted by molar-refractivity contribution is 7.44. The molecule has 1 aliphatic rings. The van der Waals surface area contributed by atoms with E-state index < -0.39 is 49.2 Å². The zero-order valence-electron chi connectivity index (χ0n) is 34.3. The molecule has 0 bridgehead atoms. The quantitative estimate of drug-likeness (QED) is 0.0492. The fraction of sp³-hybridized carbons (Fsp3) is 0.442. The number of methoxy groups -OCH3 is 2. The predicted octanol–water partition coefficient (Wildman–Crippen LogP) is 6.23. The second-order valence-corrected chi connectivity index (χ2v) is 16.0. The maximum absolute atomic E-state index is 13.3. The van der Waals surface area contributed by atoms with Crippen molar-refractivity contribution in [2.24, 2.45) is 0 Å². The van der Waals surface area contributed by atoms with E-state index in [2.05, 4.69) is 15.7 Å². The van der Waals surface area contributed by atoms with Gasteiger partial charge in [-0.05, 0) is 75.6 Å². The Bertz CT molecular complexity index is 2060. The summed E-state index contributed by atoms with van der Waals surface area (Å²) in [6, 6.07) is 26.8. The summed E-state index contributed by atoms with van der Waals surface area (Å²) >= 11 is 0. The van der Waals surface area contributed by atoms with Gasteiger partial charge in [0.25, 0.3) is 14.1 Å². The monoisotopic (exact) mass is 816 g/mol. The molecule has 0 saturated carbocycles. The first kappa shape index (κ1) is 44.2. The van der Waals surface area contributed by atoms with Crippen molar-refractivity contribution in [3.63, 3.8) is 0 Å². The van der Waals surface area contributed by atoms with Crippen molar-refractivity contribution in [1.82, 2.24) is 14.2 Å². The number of nitrogens with one attached hydrogen (secondary N) is 1. The molecule has 1 saturated heterocycles. The average molecular weight is 817 g/mol. The summed E-state index contributed by atoms with van der Waals surface area (Å²) in [5.74, 6) is 0.682. The summed E-state index contributed by atoms with van der Waals surface area (Å²) in [4.78, 5) is 41.1. The number of aromatic amines is 1. The number of H-pyrrole nitrogens is 1. The highest BCUT2D eigenvalue weighted by Gasteiger charge is 2.57. The minimum Gasteiger partial charge on any atom is -0.497 e. The number of nitrogens with zero attached hydrogens (tertiary/aromatic N) is 3. The third kappa shape index (κ3) is 9.86. The number of aromatic nitrogens is 2. The number of hydrogen-bond acceptors (Lipinski definition) is 12. The Morgan fingerprint density at radius 1 is 0.966 bits per heavy atom. The normalized spacial score (nSPS) is 18.7. The van der Waals surface area contributed by atoms with Crippen molar-refractivity contribution in [3.05, 3.63) is 128 Å². The number of nitriles is 1. The van der Waals surface area contributed by atoms with Crippen molar-refractivity contribution in [2.75, 3.05) is 34.0 Å². The van der Waals surface area contributed by atoms with Crippen LogP contribution in [0.4, 0.5) is 0 Å². The lowest BCUT2D eigenvalue weighted by molar-refractivity contribution is -0.181. The topological polar surface area (TPSA) is 164 Å². The number of aryl methyl sites for hydroxylation is 1. The van der Waals surface area contributed by atoms with Crippen LogP contribution in [0.25, 0.3) is 0 Å². The molecule has 1 aromatic heterocycles. The lowest BCUT2D eigenvalue weighted by Crippen LogP contribution is -2.55. The van der Waals surface area contributed by atoms with E-state index in [9.17, 15) is 19.6 Å². The molecular formula is C43H53N4O10P. The minimum absolute atomic E-state index is 0.0614. The van der Waals surface area contributed by atoms with Crippen LogP contribution in [0, 0.1) is 18.3 Å². The molecule has 310 valence electrons. The van der Waals surface area contributed by atoms with E-state index in [-0.39, 0.29) is 44.9 Å². The van der Waals surface area contributed by atoms with Crippen LogP contribution >= 0.6 is 8.53 Å². The summed E-state index contributed by atoms with van der Waals surface area (Å²) in [7, 11) is 1.27. The fourth-order valence-corrected chi connectivity index (χ4v) is 9.07. The Morgan fingerprint density at radius 3 is 2.05 bits per heavy atom. The molecule has 5 rings (SSSR count). The van der Waals surface area contributed by atoms with Crippen molar-refractivity contribution in [3.8, 4) is 17.6 Å². The largest absolute Gasteiger partial charge is 0.497 e. The van der Waals surface area contributed by atoms with Gasteiger partial charge in [-0.3, -0.25) is 19.1 Å². The molecule has 1 fully saturated rings. The molecule has 58 heavy (non-hydrogen) atoms. The van der Waals surface area contributed by atoms with E-state index in [1.807, 2.05) is 107 Å². The number of carbonyl (C=O) groups is 1. The standard InChI is InChI=1S/C43H53N4O10P/c1-29(2)47(30(3)4)58(55-24-12-23-44)57-39-38(26-46-25-31(5)40(49)45-41(46)50)53-27-42(39,56-32(6)48)28-54-43(33-13-10-9-11-14-33,34-15-19-36(51-7)20-16-34)35-17-21-37(52-8)22-18-35/h9-11,13-22,25,29-30,38-39H,12,24,26-28H2,1-8H3,(H,45,49,50)/t38-,39-,42+,58?/m0/s1. The Morgan fingerprint density at radius 2 is 1.53 bits per heavy atom. The molecular weight excluding hydrogens is 763 g/mol. The molecule has 1 aliphatic heterocycles. The molecule has 3 aromatic carbocycles. The Labute approximate surface area is 340 Å². The van der Waals surface area contributed by atoms with E-state index in [0.29, 0.717) is 17.1 Å². The van der Waals surface area contributed by atoms with Gasteiger partial charge in [0.15, 0.2) is 5.60 Å². The number of hydrogen-bond donors (Lipinski definition) is 1. The number of esters is 1. The second-order valence-electron chi connectivity index (χ2n) is 14.6. The summed E-state index contributed by atoms with van der Waals surface area (Å²) in [6.45, 7) is 10.5. The van der Waals surface area contributed by atoms with Crippen molar-refractivity contribution >= 4 is 14.5 Å². The van der Waals surface area contributed by atoms with Crippen LogP contribution in [0.3, 0.4) is 0 Å². The highest BCUT2D eigenvalue weighted by Crippen LogP contribution is 2.52. The first-order valence-electron chi connectivity index (χ1n) is 19.1. The summed E-state index contributed by atoms with van der Waals surface area (Å²) in [6.07, 6.45) is -0.434. The molecule has 2 heterocycles. The van der Waals surface area contributed by atoms with Gasteiger partial charge in [0.05, 0.1) is 53.1 Å². The van der Waals surface area contributed by atoms with Crippen molar-refractivity contribution < 1.29 is 37.5 Å². The summed E-state index contributed by atoms with van der Waals surface area (Å²) in [5.41, 5.74) is -1.47. The Balaban J connectivity index is 1.71. The predicted molar refractivity (Wildman–Crippen MR) is 219 cm³/mol. The van der Waals surface area contributed by atoms with Crippen LogP contribution in [-0.4, -0.2) is 84.1 Å². The van der Waals surface area contributed by atoms with Crippen LogP contribution in [0.15, 0.2) is 94.6 Å². The maximum atomic E-state index is 13.3. The number of ether oxygens (including phenoxy) is 5. The zero-order chi connectivity index (χ0) is 42.0. The fourth-order valence-electron chi connectivity index (χ4n) is 7.24. The van der Waals surface area contributed by atoms with Crippen LogP contribution in [0.1, 0.15) is 63.3 Å². The van der Waals surface area contributed by atoms with Crippen LogP contribution in [0.2, 0.25) is 0 Å². The third-order valence-corrected chi connectivity index (χ3v) is 12.0. The van der Waals surface area contributed by atoms with Gasteiger partial charge in [-0.15, -0.1) is 0 Å². The first-order chi connectivity index (χ1) is 27.8. The molecule has 0 aliphatic carbocycles. The SMILES string of the molecule is COc1ccc(C(OC[C@]2(OC(C)=O)CO[C@@H](Cn3cc(C)c(=O)[nH]c3=O)[C@@H]2OP(OCCC#N)N(C(C)C)C(C)C)(c2ccccc2)c2ccc(OC)cc2)cc1. The van der Waals surface area contributed by atoms with Crippen LogP contribution in [0.5, 0.6) is 11.5 Å². The smallest absolute Gasteiger partial charge is 0.328 e.